The molecule has 0 saturated carbocycles. The highest BCUT2D eigenvalue weighted by atomic mass is 16.3. The summed E-state index contributed by atoms with van der Waals surface area (Å²) in [6, 6.07) is 4.39. The maximum Gasteiger partial charge on any atom is 0.0821 e. The molecule has 1 N–H and O–H groups in total. The van der Waals surface area contributed by atoms with Crippen molar-refractivity contribution in [3.63, 3.8) is 0 Å². The minimum absolute atomic E-state index is 0.362. The molecule has 0 fully saturated rings. The van der Waals surface area contributed by atoms with Gasteiger partial charge in [0, 0.05) is 24.6 Å². The molecule has 2 rings (SSSR count). The summed E-state index contributed by atoms with van der Waals surface area (Å²) in [6.07, 6.45) is 6.36. The van der Waals surface area contributed by atoms with Gasteiger partial charge in [-0.05, 0) is 38.0 Å². The molecule has 0 aliphatic carbocycles. The molecule has 0 amide bonds. The molecule has 0 aliphatic rings. The van der Waals surface area contributed by atoms with E-state index in [1.807, 2.05) is 42.3 Å². The van der Waals surface area contributed by atoms with Gasteiger partial charge >= 0.3 is 0 Å². The molecule has 0 radical (unpaired) electrons. The van der Waals surface area contributed by atoms with Crippen LogP contribution in [0.1, 0.15) is 50.6 Å². The lowest BCUT2D eigenvalue weighted by Crippen LogP contribution is -2.03. The summed E-state index contributed by atoms with van der Waals surface area (Å²) < 4.78 is 4.02. The first-order valence-corrected chi connectivity index (χ1v) is 6.48. The summed E-state index contributed by atoms with van der Waals surface area (Å²) in [6.45, 7) is 6.95. The maximum atomic E-state index is 9.75. The molecule has 0 aromatic carbocycles. The van der Waals surface area contributed by atoms with Gasteiger partial charge in [0.25, 0.3) is 0 Å². The molecule has 18 heavy (non-hydrogen) atoms. The fraction of sp³-hybridized carbons (Fsp3) is 0.500. The average Bonchev–Trinajstić information content (AvgIpc) is 2.98. The van der Waals surface area contributed by atoms with Crippen molar-refractivity contribution in [3.05, 3.63) is 42.0 Å². The fourth-order valence-electron chi connectivity index (χ4n) is 1.93. The topological polar surface area (TPSA) is 43.0 Å². The van der Waals surface area contributed by atoms with E-state index in [4.69, 9.17) is 0 Å². The van der Waals surface area contributed by atoms with Crippen LogP contribution in [0.3, 0.4) is 0 Å². The first kappa shape index (κ1) is 12.9. The van der Waals surface area contributed by atoms with E-state index in [0.717, 1.165) is 24.2 Å². The van der Waals surface area contributed by atoms with Crippen LogP contribution in [-0.4, -0.2) is 19.5 Å². The van der Waals surface area contributed by atoms with Gasteiger partial charge in [0.2, 0.25) is 0 Å². The zero-order valence-corrected chi connectivity index (χ0v) is 11.2. The molecular weight excluding hydrogens is 226 g/mol. The Labute approximate surface area is 108 Å². The molecule has 1 unspecified atom stereocenters. The van der Waals surface area contributed by atoms with Crippen LogP contribution in [0, 0.1) is 0 Å². The van der Waals surface area contributed by atoms with E-state index in [1.54, 1.807) is 0 Å². The van der Waals surface area contributed by atoms with Crippen molar-refractivity contribution in [2.45, 2.75) is 45.9 Å². The van der Waals surface area contributed by atoms with Gasteiger partial charge in [-0.1, -0.05) is 6.92 Å². The summed E-state index contributed by atoms with van der Waals surface area (Å²) in [5.41, 5.74) is 2.01. The molecule has 1 atom stereocenters. The molecule has 0 spiro atoms. The molecule has 4 nitrogen and oxygen atoms in total. The van der Waals surface area contributed by atoms with Crippen molar-refractivity contribution in [3.8, 4) is 0 Å². The third-order valence-electron chi connectivity index (χ3n) is 3.08. The number of nitrogens with zero attached hydrogens (tertiary/aromatic N) is 3. The Balaban J connectivity index is 2.06. The van der Waals surface area contributed by atoms with Crippen LogP contribution in [0.2, 0.25) is 0 Å². The van der Waals surface area contributed by atoms with Crippen LogP contribution in [-0.2, 0) is 6.54 Å². The molecule has 0 aliphatic heterocycles. The zero-order chi connectivity index (χ0) is 13.1. The lowest BCUT2D eigenvalue weighted by molar-refractivity contribution is 0.173. The fourth-order valence-corrected chi connectivity index (χ4v) is 1.93. The Morgan fingerprint density at radius 3 is 2.67 bits per heavy atom. The third-order valence-corrected chi connectivity index (χ3v) is 3.08. The smallest absolute Gasteiger partial charge is 0.0821 e. The van der Waals surface area contributed by atoms with Gasteiger partial charge in [0.15, 0.2) is 0 Å². The number of aromatic nitrogens is 3. The predicted octanol–water partition coefficient (Wildman–Crippen LogP) is 2.76. The molecule has 2 heterocycles. The summed E-state index contributed by atoms with van der Waals surface area (Å²) >= 11 is 0. The number of hydrogen-bond acceptors (Lipinski definition) is 2. The number of rotatable bonds is 5. The molecule has 2 aromatic heterocycles. The van der Waals surface area contributed by atoms with Crippen LogP contribution >= 0.6 is 0 Å². The molecule has 0 saturated heterocycles. The van der Waals surface area contributed by atoms with Gasteiger partial charge in [-0.2, -0.15) is 5.10 Å². The molecule has 98 valence electrons. The Morgan fingerprint density at radius 2 is 2.06 bits per heavy atom. The van der Waals surface area contributed by atoms with Crippen LogP contribution < -0.4 is 0 Å². The van der Waals surface area contributed by atoms with Crippen molar-refractivity contribution >= 4 is 0 Å². The van der Waals surface area contributed by atoms with E-state index >= 15 is 0 Å². The summed E-state index contributed by atoms with van der Waals surface area (Å²) in [7, 11) is 0. The van der Waals surface area contributed by atoms with Crippen LogP contribution in [0.15, 0.2) is 30.7 Å². The molecule has 0 bridgehead atoms. The van der Waals surface area contributed by atoms with Gasteiger partial charge in [-0.3, -0.25) is 4.68 Å². The standard InChI is InChI=1S/C14H21N3O/c1-4-14(18)12-5-7-16(9-12)10-13-6-8-17(15-13)11(2)3/h5-9,11,14,18H,4,10H2,1-3H3. The normalized spacial score (nSPS) is 13.2. The van der Waals surface area contributed by atoms with Gasteiger partial charge < -0.3 is 9.67 Å². The highest BCUT2D eigenvalue weighted by Crippen LogP contribution is 2.16. The average molecular weight is 247 g/mol. The Kier molecular flexibility index (Phi) is 3.87. The zero-order valence-electron chi connectivity index (χ0n) is 11.2. The van der Waals surface area contributed by atoms with Crippen molar-refractivity contribution in [2.24, 2.45) is 0 Å². The van der Waals surface area contributed by atoms with Crippen LogP contribution in [0.25, 0.3) is 0 Å². The van der Waals surface area contributed by atoms with Gasteiger partial charge in [-0.25, -0.2) is 0 Å². The number of aliphatic hydroxyl groups is 1. The van der Waals surface area contributed by atoms with Gasteiger partial charge in [0.1, 0.15) is 0 Å². The minimum Gasteiger partial charge on any atom is -0.388 e. The lowest BCUT2D eigenvalue weighted by atomic mass is 10.1. The maximum absolute atomic E-state index is 9.75. The van der Waals surface area contributed by atoms with E-state index in [9.17, 15) is 5.11 Å². The van der Waals surface area contributed by atoms with E-state index in [1.165, 1.54) is 0 Å². The van der Waals surface area contributed by atoms with E-state index < -0.39 is 0 Å². The Hall–Kier alpha value is -1.55. The second-order valence-electron chi connectivity index (χ2n) is 4.92. The molecular formula is C14H21N3O. The van der Waals surface area contributed by atoms with Crippen molar-refractivity contribution in [2.75, 3.05) is 0 Å². The lowest BCUT2D eigenvalue weighted by Gasteiger charge is -2.05. The first-order valence-electron chi connectivity index (χ1n) is 6.48. The summed E-state index contributed by atoms with van der Waals surface area (Å²) in [5.74, 6) is 0. The SMILES string of the molecule is CCC(O)c1ccn(Cc2ccn(C(C)C)n2)c1. The predicted molar refractivity (Wildman–Crippen MR) is 71.4 cm³/mol. The van der Waals surface area contributed by atoms with Crippen LogP contribution in [0.5, 0.6) is 0 Å². The second kappa shape index (κ2) is 5.40. The third kappa shape index (κ3) is 2.82. The quantitative estimate of drug-likeness (QED) is 0.882. The molecule has 4 heteroatoms. The number of hydrogen-bond donors (Lipinski definition) is 1. The number of aliphatic hydroxyl groups excluding tert-OH is 1. The van der Waals surface area contributed by atoms with Crippen molar-refractivity contribution in [1.82, 2.24) is 14.3 Å². The highest BCUT2D eigenvalue weighted by Gasteiger charge is 2.07. The van der Waals surface area contributed by atoms with Gasteiger partial charge in [0.05, 0.1) is 18.3 Å². The Morgan fingerprint density at radius 1 is 1.28 bits per heavy atom. The largest absolute Gasteiger partial charge is 0.388 e. The van der Waals surface area contributed by atoms with E-state index in [0.29, 0.717) is 6.04 Å². The molecule has 2 aromatic rings. The summed E-state index contributed by atoms with van der Waals surface area (Å²) in [4.78, 5) is 0. The van der Waals surface area contributed by atoms with Crippen molar-refractivity contribution < 1.29 is 5.11 Å². The van der Waals surface area contributed by atoms with E-state index in [2.05, 4.69) is 23.5 Å². The van der Waals surface area contributed by atoms with Crippen molar-refractivity contribution in [1.29, 1.82) is 0 Å². The first-order chi connectivity index (χ1) is 8.60. The minimum atomic E-state index is -0.362. The van der Waals surface area contributed by atoms with E-state index in [-0.39, 0.29) is 6.10 Å². The summed E-state index contributed by atoms with van der Waals surface area (Å²) in [5, 5.41) is 14.3. The monoisotopic (exact) mass is 247 g/mol. The van der Waals surface area contributed by atoms with Crippen LogP contribution in [0.4, 0.5) is 0 Å². The Bertz CT molecular complexity index is 499. The highest BCUT2D eigenvalue weighted by molar-refractivity contribution is 5.14. The van der Waals surface area contributed by atoms with Gasteiger partial charge in [-0.15, -0.1) is 0 Å². The second-order valence-corrected chi connectivity index (χ2v) is 4.92.